The molecule has 0 unspecified atom stereocenters. The molecule has 5 saturated carbocycles. The molecule has 0 amide bonds. The third kappa shape index (κ3) is 3.08. The molecular formula is C32H50O3. The number of carbonyl (C=O) groups is 2. The minimum atomic E-state index is -0.312. The van der Waals surface area contributed by atoms with Crippen molar-refractivity contribution in [2.24, 2.45) is 56.7 Å². The van der Waals surface area contributed by atoms with Crippen LogP contribution < -0.4 is 0 Å². The van der Waals surface area contributed by atoms with Gasteiger partial charge in [0, 0.05) is 11.8 Å². The van der Waals surface area contributed by atoms with Crippen LogP contribution in [0.2, 0.25) is 0 Å². The Bertz CT molecular complexity index is 933. The fraction of sp³-hybridized carbons (Fsp3) is 0.875. The molecule has 0 radical (unpaired) electrons. The predicted octanol–water partition coefficient (Wildman–Crippen LogP) is 7.78. The number of fused-ring (bicyclic) bond motifs is 7. The van der Waals surface area contributed by atoms with Crippen molar-refractivity contribution in [1.29, 1.82) is 0 Å². The highest BCUT2D eigenvalue weighted by Crippen LogP contribution is 2.77. The molecule has 5 aliphatic carbocycles. The highest BCUT2D eigenvalue weighted by molar-refractivity contribution is 5.85. The van der Waals surface area contributed by atoms with Crippen molar-refractivity contribution in [3.05, 3.63) is 12.2 Å². The molecule has 9 atom stereocenters. The van der Waals surface area contributed by atoms with Gasteiger partial charge in [-0.1, -0.05) is 46.8 Å². The summed E-state index contributed by atoms with van der Waals surface area (Å²) in [5.74, 6) is 3.05. The Labute approximate surface area is 214 Å². The van der Waals surface area contributed by atoms with E-state index in [1.54, 1.807) is 0 Å². The second-order valence-electron chi connectivity index (χ2n) is 14.7. The molecule has 0 spiro atoms. The van der Waals surface area contributed by atoms with E-state index < -0.39 is 0 Å². The summed E-state index contributed by atoms with van der Waals surface area (Å²) in [4.78, 5) is 26.5. The van der Waals surface area contributed by atoms with E-state index >= 15 is 0 Å². The van der Waals surface area contributed by atoms with Crippen LogP contribution in [-0.4, -0.2) is 18.4 Å². The quantitative estimate of drug-likeness (QED) is 0.305. The van der Waals surface area contributed by atoms with E-state index in [1.807, 2.05) is 6.92 Å². The molecule has 3 nitrogen and oxygen atoms in total. The maximum absolute atomic E-state index is 13.6. The summed E-state index contributed by atoms with van der Waals surface area (Å²) in [6.45, 7) is 21.3. The molecule has 3 heteroatoms. The highest BCUT2D eigenvalue weighted by atomic mass is 16.5. The first kappa shape index (κ1) is 25.5. The van der Waals surface area contributed by atoms with Gasteiger partial charge < -0.3 is 4.74 Å². The summed E-state index contributed by atoms with van der Waals surface area (Å²) >= 11 is 0. The average Bonchev–Trinajstić information content (AvgIpc) is 3.19. The van der Waals surface area contributed by atoms with Gasteiger partial charge in [-0.25, -0.2) is 0 Å². The third-order valence-corrected chi connectivity index (χ3v) is 13.5. The molecule has 0 heterocycles. The molecule has 5 rings (SSSR count). The number of rotatable bonds is 3. The number of Topliss-reactive ketones (excluding diaryl/α,β-unsaturated/α-hetero) is 1. The van der Waals surface area contributed by atoms with Crippen LogP contribution in [0.5, 0.6) is 0 Å². The summed E-state index contributed by atoms with van der Waals surface area (Å²) in [6, 6.07) is 0. The van der Waals surface area contributed by atoms with Crippen LogP contribution in [0.1, 0.15) is 113 Å². The van der Waals surface area contributed by atoms with E-state index in [9.17, 15) is 9.59 Å². The average molecular weight is 483 g/mol. The van der Waals surface area contributed by atoms with Gasteiger partial charge in [-0.05, 0) is 117 Å². The molecule has 5 fully saturated rings. The first-order valence-corrected chi connectivity index (χ1v) is 14.7. The molecule has 196 valence electrons. The summed E-state index contributed by atoms with van der Waals surface area (Å²) in [5, 5.41) is 0. The predicted molar refractivity (Wildman–Crippen MR) is 141 cm³/mol. The second-order valence-corrected chi connectivity index (χ2v) is 14.7. The number of hydrogen-bond donors (Lipinski definition) is 0. The standard InChI is InChI=1S/C32H50O3/c1-9-35-27(34)32-17-12-21(20(2)3)26(32)22-10-11-24-29(6)15-14-25(33)28(4,5)23(29)13-16-31(24,8)30(22,7)18-19-32/h21-24,26H,2,9-19H2,1,3-8H3/t21-,22+,23-,24+,26+,29-,30+,31+,32-/m0/s1. The van der Waals surface area contributed by atoms with Gasteiger partial charge >= 0.3 is 5.97 Å². The van der Waals surface area contributed by atoms with E-state index in [1.165, 1.54) is 31.3 Å². The molecule has 0 bridgehead atoms. The van der Waals surface area contributed by atoms with Crippen LogP contribution in [0, 0.1) is 56.7 Å². The van der Waals surface area contributed by atoms with Crippen molar-refractivity contribution in [2.45, 2.75) is 113 Å². The number of allylic oxidation sites excluding steroid dienone is 1. The molecule has 35 heavy (non-hydrogen) atoms. The lowest BCUT2D eigenvalue weighted by atomic mass is 9.32. The summed E-state index contributed by atoms with van der Waals surface area (Å²) in [7, 11) is 0. The molecule has 0 aromatic rings. The van der Waals surface area contributed by atoms with Gasteiger partial charge in [-0.3, -0.25) is 9.59 Å². The van der Waals surface area contributed by atoms with Gasteiger partial charge in [0.2, 0.25) is 0 Å². The molecule has 5 aliphatic rings. The zero-order valence-corrected chi connectivity index (χ0v) is 23.6. The van der Waals surface area contributed by atoms with E-state index in [0.717, 1.165) is 38.5 Å². The number of esters is 1. The number of hydrogen-bond acceptors (Lipinski definition) is 3. The largest absolute Gasteiger partial charge is 0.466 e. The maximum Gasteiger partial charge on any atom is 0.312 e. The summed E-state index contributed by atoms with van der Waals surface area (Å²) < 4.78 is 5.78. The molecule has 0 aromatic carbocycles. The second kappa shape index (κ2) is 7.94. The topological polar surface area (TPSA) is 43.4 Å². The smallest absolute Gasteiger partial charge is 0.312 e. The number of carbonyl (C=O) groups excluding carboxylic acids is 2. The molecule has 0 aromatic heterocycles. The lowest BCUT2D eigenvalue weighted by Crippen LogP contribution is -2.66. The van der Waals surface area contributed by atoms with Crippen molar-refractivity contribution >= 4 is 11.8 Å². The van der Waals surface area contributed by atoms with Crippen LogP contribution >= 0.6 is 0 Å². The fourth-order valence-electron chi connectivity index (χ4n) is 11.6. The first-order chi connectivity index (χ1) is 16.3. The SMILES string of the molecule is C=C(C)[C@@H]1CC[C@]2(C(=O)OCC)CC[C@]3(C)[C@H](CC[C@@H]4[C@@]5(C)CCC(=O)C(C)(C)[C@@H]5CC[C@]43C)[C@@H]12. The number of ketones is 1. The van der Waals surface area contributed by atoms with Gasteiger partial charge in [0.05, 0.1) is 12.0 Å². The van der Waals surface area contributed by atoms with E-state index in [2.05, 4.69) is 48.1 Å². The Morgan fingerprint density at radius 2 is 1.63 bits per heavy atom. The normalized spacial score (nSPS) is 50.4. The van der Waals surface area contributed by atoms with Crippen molar-refractivity contribution in [3.63, 3.8) is 0 Å². The van der Waals surface area contributed by atoms with Gasteiger partial charge in [-0.15, -0.1) is 0 Å². The maximum atomic E-state index is 13.6. The Morgan fingerprint density at radius 3 is 2.29 bits per heavy atom. The Hall–Kier alpha value is -1.12. The van der Waals surface area contributed by atoms with Gasteiger partial charge in [0.25, 0.3) is 0 Å². The zero-order chi connectivity index (χ0) is 25.6. The van der Waals surface area contributed by atoms with Crippen LogP contribution in [0.15, 0.2) is 12.2 Å². The first-order valence-electron chi connectivity index (χ1n) is 14.7. The van der Waals surface area contributed by atoms with E-state index in [4.69, 9.17) is 4.74 Å². The highest BCUT2D eigenvalue weighted by Gasteiger charge is 2.72. The van der Waals surface area contributed by atoms with Crippen molar-refractivity contribution in [1.82, 2.24) is 0 Å². The monoisotopic (exact) mass is 482 g/mol. The van der Waals surface area contributed by atoms with E-state index in [-0.39, 0.29) is 33.0 Å². The van der Waals surface area contributed by atoms with Crippen LogP contribution in [0.4, 0.5) is 0 Å². The Kier molecular flexibility index (Phi) is 5.79. The lowest BCUT2D eigenvalue weighted by molar-refractivity contribution is -0.236. The molecular weight excluding hydrogens is 432 g/mol. The van der Waals surface area contributed by atoms with E-state index in [0.29, 0.717) is 42.0 Å². The molecule has 0 N–H and O–H groups in total. The lowest BCUT2D eigenvalue weighted by Gasteiger charge is -2.72. The summed E-state index contributed by atoms with van der Waals surface area (Å²) in [5.41, 5.74) is 1.45. The molecule has 0 saturated heterocycles. The Morgan fingerprint density at radius 1 is 0.914 bits per heavy atom. The van der Waals surface area contributed by atoms with Gasteiger partial charge in [0.15, 0.2) is 0 Å². The molecule has 0 aliphatic heterocycles. The van der Waals surface area contributed by atoms with Crippen molar-refractivity contribution in [3.8, 4) is 0 Å². The van der Waals surface area contributed by atoms with Gasteiger partial charge in [0.1, 0.15) is 5.78 Å². The van der Waals surface area contributed by atoms with Crippen LogP contribution in [0.25, 0.3) is 0 Å². The van der Waals surface area contributed by atoms with Crippen LogP contribution in [-0.2, 0) is 14.3 Å². The Balaban J connectivity index is 1.56. The van der Waals surface area contributed by atoms with Crippen LogP contribution in [0.3, 0.4) is 0 Å². The third-order valence-electron chi connectivity index (χ3n) is 13.5. The fourth-order valence-corrected chi connectivity index (χ4v) is 11.6. The van der Waals surface area contributed by atoms with Crippen molar-refractivity contribution < 1.29 is 14.3 Å². The minimum Gasteiger partial charge on any atom is -0.466 e. The zero-order valence-electron chi connectivity index (χ0n) is 23.6. The summed E-state index contributed by atoms with van der Waals surface area (Å²) in [6.07, 6.45) is 10.8. The number of ether oxygens (including phenoxy) is 1. The van der Waals surface area contributed by atoms with Gasteiger partial charge in [-0.2, -0.15) is 0 Å². The van der Waals surface area contributed by atoms with Crippen molar-refractivity contribution in [2.75, 3.05) is 6.61 Å². The minimum absolute atomic E-state index is 0.0753.